The number of thiocarbonyl (C=S) groups is 1. The standard InChI is InChI=1S/C15H17NO2S2/c1-4-10(2)16-14(17)13(20-15(16)19)9-11-6-5-7-12(8-11)18-3/h5-10H,4H2,1-3H3. The Kier molecular flexibility index (Phi) is 4.83. The zero-order chi connectivity index (χ0) is 14.7. The third-order valence-electron chi connectivity index (χ3n) is 3.25. The highest BCUT2D eigenvalue weighted by atomic mass is 32.2. The molecule has 1 amide bonds. The van der Waals surface area contributed by atoms with Crippen LogP contribution in [0.3, 0.4) is 0 Å². The van der Waals surface area contributed by atoms with Crippen molar-refractivity contribution in [2.24, 2.45) is 0 Å². The van der Waals surface area contributed by atoms with Crippen molar-refractivity contribution >= 4 is 40.3 Å². The van der Waals surface area contributed by atoms with Crippen molar-refractivity contribution in [1.29, 1.82) is 0 Å². The molecule has 1 unspecified atom stereocenters. The van der Waals surface area contributed by atoms with Gasteiger partial charge in [0.05, 0.1) is 12.0 Å². The second-order valence-corrected chi connectivity index (χ2v) is 6.26. The van der Waals surface area contributed by atoms with Gasteiger partial charge in [-0.3, -0.25) is 9.69 Å². The summed E-state index contributed by atoms with van der Waals surface area (Å²) in [6.45, 7) is 4.06. The molecule has 1 heterocycles. The minimum Gasteiger partial charge on any atom is -0.497 e. The number of methoxy groups -OCH3 is 1. The van der Waals surface area contributed by atoms with Crippen LogP contribution in [0.1, 0.15) is 25.8 Å². The molecular weight excluding hydrogens is 290 g/mol. The van der Waals surface area contributed by atoms with Gasteiger partial charge in [0.2, 0.25) is 0 Å². The van der Waals surface area contributed by atoms with Gasteiger partial charge in [0, 0.05) is 6.04 Å². The molecule has 0 saturated carbocycles. The van der Waals surface area contributed by atoms with Crippen molar-refractivity contribution in [3.63, 3.8) is 0 Å². The van der Waals surface area contributed by atoms with E-state index >= 15 is 0 Å². The van der Waals surface area contributed by atoms with Crippen molar-refractivity contribution in [2.45, 2.75) is 26.3 Å². The molecule has 0 radical (unpaired) electrons. The van der Waals surface area contributed by atoms with Crippen molar-refractivity contribution < 1.29 is 9.53 Å². The lowest BCUT2D eigenvalue weighted by atomic mass is 10.2. The van der Waals surface area contributed by atoms with Crippen LogP contribution in [0, 0.1) is 0 Å². The maximum atomic E-state index is 12.4. The van der Waals surface area contributed by atoms with Crippen molar-refractivity contribution in [2.75, 3.05) is 7.11 Å². The molecule has 1 atom stereocenters. The lowest BCUT2D eigenvalue weighted by Crippen LogP contribution is -2.36. The highest BCUT2D eigenvalue weighted by molar-refractivity contribution is 8.26. The van der Waals surface area contributed by atoms with Crippen LogP contribution in [0.2, 0.25) is 0 Å². The monoisotopic (exact) mass is 307 g/mol. The Hall–Kier alpha value is -1.33. The normalized spacial score (nSPS) is 18.8. The van der Waals surface area contributed by atoms with E-state index in [2.05, 4.69) is 6.92 Å². The van der Waals surface area contributed by atoms with Gasteiger partial charge in [0.15, 0.2) is 0 Å². The number of carbonyl (C=O) groups excluding carboxylic acids is 1. The number of hydrogen-bond donors (Lipinski definition) is 0. The van der Waals surface area contributed by atoms with Crippen LogP contribution < -0.4 is 4.74 Å². The fraction of sp³-hybridized carbons (Fsp3) is 0.333. The van der Waals surface area contributed by atoms with Crippen LogP contribution in [-0.4, -0.2) is 28.3 Å². The molecule has 3 nitrogen and oxygen atoms in total. The molecule has 1 aliphatic rings. The quantitative estimate of drug-likeness (QED) is 0.627. The first kappa shape index (κ1) is 15.1. The zero-order valence-electron chi connectivity index (χ0n) is 11.8. The number of rotatable bonds is 4. The number of hydrogen-bond acceptors (Lipinski definition) is 4. The lowest BCUT2D eigenvalue weighted by Gasteiger charge is -2.21. The zero-order valence-corrected chi connectivity index (χ0v) is 13.4. The Morgan fingerprint density at radius 2 is 2.25 bits per heavy atom. The molecule has 5 heteroatoms. The topological polar surface area (TPSA) is 29.5 Å². The van der Waals surface area contributed by atoms with Gasteiger partial charge in [-0.1, -0.05) is 43.0 Å². The smallest absolute Gasteiger partial charge is 0.266 e. The van der Waals surface area contributed by atoms with E-state index in [-0.39, 0.29) is 11.9 Å². The van der Waals surface area contributed by atoms with Gasteiger partial charge in [-0.2, -0.15) is 0 Å². The Bertz CT molecular complexity index is 569. The summed E-state index contributed by atoms with van der Waals surface area (Å²) in [4.78, 5) is 14.8. The van der Waals surface area contributed by atoms with E-state index < -0.39 is 0 Å². The van der Waals surface area contributed by atoms with Gasteiger partial charge in [-0.15, -0.1) is 0 Å². The third-order valence-corrected chi connectivity index (χ3v) is 4.58. The van der Waals surface area contributed by atoms with Crippen molar-refractivity contribution in [3.8, 4) is 5.75 Å². The van der Waals surface area contributed by atoms with Gasteiger partial charge in [-0.05, 0) is 37.1 Å². The summed E-state index contributed by atoms with van der Waals surface area (Å²) in [5.74, 6) is 0.772. The Morgan fingerprint density at radius 3 is 2.90 bits per heavy atom. The maximum absolute atomic E-state index is 12.4. The number of ether oxygens (including phenoxy) is 1. The molecule has 106 valence electrons. The second-order valence-electron chi connectivity index (χ2n) is 4.59. The molecule has 1 aromatic carbocycles. The number of benzene rings is 1. The molecule has 1 saturated heterocycles. The first-order valence-corrected chi connectivity index (χ1v) is 7.70. The SMILES string of the molecule is CCC(C)N1C(=O)C(=Cc2cccc(OC)c2)SC1=S. The van der Waals surface area contributed by atoms with E-state index in [9.17, 15) is 4.79 Å². The van der Waals surface area contributed by atoms with Crippen LogP contribution in [0.4, 0.5) is 0 Å². The molecule has 20 heavy (non-hydrogen) atoms. The predicted octanol–water partition coefficient (Wildman–Crippen LogP) is 3.69. The molecule has 1 aliphatic heterocycles. The molecule has 0 N–H and O–H groups in total. The third kappa shape index (κ3) is 3.04. The first-order chi connectivity index (χ1) is 9.56. The highest BCUT2D eigenvalue weighted by Gasteiger charge is 2.34. The molecule has 0 spiro atoms. The summed E-state index contributed by atoms with van der Waals surface area (Å²) in [6.07, 6.45) is 2.75. The predicted molar refractivity (Wildman–Crippen MR) is 87.8 cm³/mol. The number of carbonyl (C=O) groups is 1. The summed E-state index contributed by atoms with van der Waals surface area (Å²) in [5, 5.41) is 0. The van der Waals surface area contributed by atoms with E-state index in [4.69, 9.17) is 17.0 Å². The minimum atomic E-state index is -0.00262. The van der Waals surface area contributed by atoms with Crippen LogP contribution in [0.5, 0.6) is 5.75 Å². The lowest BCUT2D eigenvalue weighted by molar-refractivity contribution is -0.123. The summed E-state index contributed by atoms with van der Waals surface area (Å²) in [5.41, 5.74) is 0.939. The summed E-state index contributed by atoms with van der Waals surface area (Å²) < 4.78 is 5.82. The van der Waals surface area contributed by atoms with E-state index in [1.807, 2.05) is 37.3 Å². The Morgan fingerprint density at radius 1 is 1.50 bits per heavy atom. The molecule has 0 aromatic heterocycles. The Labute approximate surface area is 129 Å². The van der Waals surface area contributed by atoms with Gasteiger partial charge < -0.3 is 4.74 Å². The molecular formula is C15H17NO2S2. The number of thioether (sulfide) groups is 1. The van der Waals surface area contributed by atoms with Crippen LogP contribution in [0.25, 0.3) is 6.08 Å². The van der Waals surface area contributed by atoms with E-state index in [0.29, 0.717) is 9.23 Å². The number of amides is 1. The van der Waals surface area contributed by atoms with E-state index in [0.717, 1.165) is 17.7 Å². The minimum absolute atomic E-state index is 0.00262. The molecule has 2 rings (SSSR count). The molecule has 0 bridgehead atoms. The second kappa shape index (κ2) is 6.41. The average Bonchev–Trinajstić information content (AvgIpc) is 2.73. The van der Waals surface area contributed by atoms with Crippen LogP contribution in [0.15, 0.2) is 29.2 Å². The van der Waals surface area contributed by atoms with Crippen molar-refractivity contribution in [1.82, 2.24) is 4.90 Å². The fourth-order valence-corrected chi connectivity index (χ4v) is 3.39. The van der Waals surface area contributed by atoms with Gasteiger partial charge in [0.25, 0.3) is 5.91 Å². The van der Waals surface area contributed by atoms with Crippen molar-refractivity contribution in [3.05, 3.63) is 34.7 Å². The molecule has 0 aliphatic carbocycles. The van der Waals surface area contributed by atoms with Gasteiger partial charge in [0.1, 0.15) is 10.1 Å². The Balaban J connectivity index is 2.27. The highest BCUT2D eigenvalue weighted by Crippen LogP contribution is 2.34. The van der Waals surface area contributed by atoms with Gasteiger partial charge >= 0.3 is 0 Å². The maximum Gasteiger partial charge on any atom is 0.266 e. The first-order valence-electron chi connectivity index (χ1n) is 6.48. The average molecular weight is 307 g/mol. The molecule has 1 fully saturated rings. The van der Waals surface area contributed by atoms with Gasteiger partial charge in [-0.25, -0.2) is 0 Å². The van der Waals surface area contributed by atoms with Crippen LogP contribution >= 0.6 is 24.0 Å². The summed E-state index contributed by atoms with van der Waals surface area (Å²) in [7, 11) is 1.63. The van der Waals surface area contributed by atoms with Crippen LogP contribution in [-0.2, 0) is 4.79 Å². The molecule has 1 aromatic rings. The fourth-order valence-electron chi connectivity index (χ4n) is 1.93. The van der Waals surface area contributed by atoms with E-state index in [1.54, 1.807) is 12.0 Å². The number of nitrogens with zero attached hydrogens (tertiary/aromatic N) is 1. The largest absolute Gasteiger partial charge is 0.497 e. The summed E-state index contributed by atoms with van der Waals surface area (Å²) >= 11 is 6.67. The van der Waals surface area contributed by atoms with E-state index in [1.165, 1.54) is 11.8 Å². The summed E-state index contributed by atoms with van der Waals surface area (Å²) in [6, 6.07) is 7.76.